The minimum absolute atomic E-state index is 0. The first kappa shape index (κ1) is 11.5. The molecule has 0 aromatic heterocycles. The molecule has 2 aliphatic rings. The van der Waals surface area contributed by atoms with Crippen LogP contribution in [-0.2, 0) is 0 Å². The van der Waals surface area contributed by atoms with Crippen LogP contribution in [0, 0.1) is 0 Å². The van der Waals surface area contributed by atoms with Crippen LogP contribution < -0.4 is 5.73 Å². The molecule has 0 aromatic carbocycles. The highest BCUT2D eigenvalue weighted by molar-refractivity contribution is 5.85. The molecule has 1 atom stereocenters. The standard InChI is InChI=1S/C7H14N2.2ClH/c1-9-5-2-6(8)7(9)3-4-7;;/h6H,2-5,8H2,1H3;2*1H. The van der Waals surface area contributed by atoms with E-state index in [1.807, 2.05) is 0 Å². The fourth-order valence-corrected chi connectivity index (χ4v) is 1.99. The van der Waals surface area contributed by atoms with Gasteiger partial charge in [0.15, 0.2) is 0 Å². The van der Waals surface area contributed by atoms with E-state index < -0.39 is 0 Å². The molecule has 2 fully saturated rings. The fraction of sp³-hybridized carbons (Fsp3) is 1.00. The Balaban J connectivity index is 0.000000500. The molecule has 11 heavy (non-hydrogen) atoms. The van der Waals surface area contributed by atoms with Crippen LogP contribution in [0.15, 0.2) is 0 Å². The molecule has 1 heterocycles. The zero-order valence-corrected chi connectivity index (χ0v) is 8.38. The van der Waals surface area contributed by atoms with E-state index in [-0.39, 0.29) is 24.8 Å². The smallest absolute Gasteiger partial charge is 0.0359 e. The van der Waals surface area contributed by atoms with Gasteiger partial charge in [0, 0.05) is 11.6 Å². The summed E-state index contributed by atoms with van der Waals surface area (Å²) in [5, 5.41) is 0. The number of likely N-dealkylation sites (tertiary alicyclic amines) is 1. The molecule has 1 saturated carbocycles. The van der Waals surface area contributed by atoms with Gasteiger partial charge in [-0.1, -0.05) is 0 Å². The molecule has 1 unspecified atom stereocenters. The number of likely N-dealkylation sites (N-methyl/N-ethyl adjacent to an activating group) is 1. The average molecular weight is 199 g/mol. The zero-order valence-electron chi connectivity index (χ0n) is 6.75. The average Bonchev–Trinajstić information content (AvgIpc) is 2.56. The number of halogens is 2. The Labute approximate surface area is 80.3 Å². The summed E-state index contributed by atoms with van der Waals surface area (Å²) in [6, 6.07) is 0.475. The van der Waals surface area contributed by atoms with Crippen molar-refractivity contribution in [3.8, 4) is 0 Å². The SMILES string of the molecule is CN1CCC(N)C12CC2.Cl.Cl. The summed E-state index contributed by atoms with van der Waals surface area (Å²) in [5.41, 5.74) is 6.40. The molecular formula is C7H16Cl2N2. The van der Waals surface area contributed by atoms with Crippen LogP contribution in [0.25, 0.3) is 0 Å². The number of hydrogen-bond acceptors (Lipinski definition) is 2. The summed E-state index contributed by atoms with van der Waals surface area (Å²) in [6.07, 6.45) is 3.88. The number of rotatable bonds is 0. The van der Waals surface area contributed by atoms with E-state index in [0.29, 0.717) is 11.6 Å². The molecule has 68 valence electrons. The maximum Gasteiger partial charge on any atom is 0.0359 e. The van der Waals surface area contributed by atoms with Gasteiger partial charge in [-0.2, -0.15) is 0 Å². The normalized spacial score (nSPS) is 32.7. The third-order valence-corrected chi connectivity index (χ3v) is 2.99. The monoisotopic (exact) mass is 198 g/mol. The molecule has 0 bridgehead atoms. The quantitative estimate of drug-likeness (QED) is 0.631. The van der Waals surface area contributed by atoms with Crippen LogP contribution in [0.2, 0.25) is 0 Å². The summed E-state index contributed by atoms with van der Waals surface area (Å²) in [5.74, 6) is 0. The van der Waals surface area contributed by atoms with Gasteiger partial charge in [-0.05, 0) is 32.9 Å². The highest BCUT2D eigenvalue weighted by Crippen LogP contribution is 2.47. The Hall–Kier alpha value is 0.500. The van der Waals surface area contributed by atoms with Crippen molar-refractivity contribution in [3.63, 3.8) is 0 Å². The van der Waals surface area contributed by atoms with Gasteiger partial charge in [-0.25, -0.2) is 0 Å². The maximum absolute atomic E-state index is 5.92. The summed E-state index contributed by atoms with van der Waals surface area (Å²) in [4.78, 5) is 2.43. The van der Waals surface area contributed by atoms with Crippen molar-refractivity contribution in [1.29, 1.82) is 0 Å². The van der Waals surface area contributed by atoms with Gasteiger partial charge in [-0.3, -0.25) is 4.90 Å². The predicted octanol–water partition coefficient (Wildman–Crippen LogP) is 1.03. The molecule has 1 aliphatic heterocycles. The molecule has 2 nitrogen and oxygen atoms in total. The van der Waals surface area contributed by atoms with E-state index >= 15 is 0 Å². The summed E-state index contributed by atoms with van der Waals surface area (Å²) >= 11 is 0. The molecular weight excluding hydrogens is 183 g/mol. The van der Waals surface area contributed by atoms with E-state index in [1.165, 1.54) is 25.8 Å². The van der Waals surface area contributed by atoms with Crippen molar-refractivity contribution in [3.05, 3.63) is 0 Å². The molecule has 4 heteroatoms. The minimum Gasteiger partial charge on any atom is -0.326 e. The Morgan fingerprint density at radius 2 is 1.91 bits per heavy atom. The van der Waals surface area contributed by atoms with E-state index in [0.717, 1.165) is 0 Å². The van der Waals surface area contributed by atoms with Gasteiger partial charge in [0.05, 0.1) is 0 Å². The van der Waals surface area contributed by atoms with Crippen molar-refractivity contribution in [2.75, 3.05) is 13.6 Å². The van der Waals surface area contributed by atoms with Crippen LogP contribution in [0.1, 0.15) is 19.3 Å². The van der Waals surface area contributed by atoms with E-state index in [2.05, 4.69) is 11.9 Å². The first-order chi connectivity index (χ1) is 4.26. The Morgan fingerprint density at radius 1 is 1.36 bits per heavy atom. The lowest BCUT2D eigenvalue weighted by Crippen LogP contribution is -2.39. The summed E-state index contributed by atoms with van der Waals surface area (Å²) in [7, 11) is 2.19. The predicted molar refractivity (Wildman–Crippen MR) is 51.7 cm³/mol. The van der Waals surface area contributed by atoms with Gasteiger partial charge in [0.2, 0.25) is 0 Å². The molecule has 0 radical (unpaired) electrons. The third-order valence-electron chi connectivity index (χ3n) is 2.99. The lowest BCUT2D eigenvalue weighted by Gasteiger charge is -2.20. The first-order valence-corrected chi connectivity index (χ1v) is 3.72. The van der Waals surface area contributed by atoms with E-state index in [1.54, 1.807) is 0 Å². The highest BCUT2D eigenvalue weighted by Gasteiger charge is 2.54. The third kappa shape index (κ3) is 1.50. The van der Waals surface area contributed by atoms with Gasteiger partial charge in [0.25, 0.3) is 0 Å². The van der Waals surface area contributed by atoms with Crippen LogP contribution in [0.3, 0.4) is 0 Å². The van der Waals surface area contributed by atoms with Crippen LogP contribution in [0.5, 0.6) is 0 Å². The Morgan fingerprint density at radius 3 is 2.09 bits per heavy atom. The Kier molecular flexibility index (Phi) is 3.64. The number of nitrogens with zero attached hydrogens (tertiary/aromatic N) is 1. The second kappa shape index (κ2) is 3.48. The van der Waals surface area contributed by atoms with Gasteiger partial charge in [-0.15, -0.1) is 24.8 Å². The van der Waals surface area contributed by atoms with Crippen LogP contribution in [0.4, 0.5) is 0 Å². The zero-order chi connectivity index (χ0) is 6.48. The maximum atomic E-state index is 5.92. The molecule has 1 saturated heterocycles. The topological polar surface area (TPSA) is 29.3 Å². The van der Waals surface area contributed by atoms with E-state index in [9.17, 15) is 0 Å². The summed E-state index contributed by atoms with van der Waals surface area (Å²) < 4.78 is 0. The molecule has 1 aliphatic carbocycles. The van der Waals surface area contributed by atoms with Crippen molar-refractivity contribution in [2.24, 2.45) is 5.73 Å². The van der Waals surface area contributed by atoms with Crippen molar-refractivity contribution < 1.29 is 0 Å². The first-order valence-electron chi connectivity index (χ1n) is 3.72. The van der Waals surface area contributed by atoms with Gasteiger partial charge >= 0.3 is 0 Å². The van der Waals surface area contributed by atoms with Crippen molar-refractivity contribution in [2.45, 2.75) is 30.8 Å². The second-order valence-corrected chi connectivity index (χ2v) is 3.42. The van der Waals surface area contributed by atoms with Crippen molar-refractivity contribution >= 4 is 24.8 Å². The molecule has 1 spiro atoms. The Bertz CT molecular complexity index is 124. The van der Waals surface area contributed by atoms with E-state index in [4.69, 9.17) is 5.73 Å². The second-order valence-electron chi connectivity index (χ2n) is 3.42. The lowest BCUT2D eigenvalue weighted by molar-refractivity contribution is 0.277. The number of hydrogen-bond donors (Lipinski definition) is 1. The highest BCUT2D eigenvalue weighted by atomic mass is 35.5. The summed E-state index contributed by atoms with van der Waals surface area (Å²) in [6.45, 7) is 1.21. The molecule has 2 rings (SSSR count). The molecule has 0 amide bonds. The molecule has 0 aromatic rings. The fourth-order valence-electron chi connectivity index (χ4n) is 1.99. The molecule has 2 N–H and O–H groups in total. The van der Waals surface area contributed by atoms with Crippen LogP contribution >= 0.6 is 24.8 Å². The lowest BCUT2D eigenvalue weighted by atomic mass is 10.1. The van der Waals surface area contributed by atoms with Crippen LogP contribution in [-0.4, -0.2) is 30.1 Å². The van der Waals surface area contributed by atoms with Crippen molar-refractivity contribution in [1.82, 2.24) is 4.90 Å². The number of nitrogens with two attached hydrogens (primary N) is 1. The largest absolute Gasteiger partial charge is 0.326 e. The van der Waals surface area contributed by atoms with Gasteiger partial charge < -0.3 is 5.73 Å². The van der Waals surface area contributed by atoms with Gasteiger partial charge in [0.1, 0.15) is 0 Å². The minimum atomic E-state index is 0.